The maximum Gasteiger partial charge on any atom is 0.298 e. The molecule has 5 rings (SSSR count). The van der Waals surface area contributed by atoms with Crippen LogP contribution in [0.2, 0.25) is 0 Å². The van der Waals surface area contributed by atoms with Gasteiger partial charge in [-0.25, -0.2) is 0 Å². The highest BCUT2D eigenvalue weighted by molar-refractivity contribution is 5.93. The highest BCUT2D eigenvalue weighted by Gasteiger charge is 2.26. The minimum atomic E-state index is -0.122. The molecule has 0 saturated carbocycles. The standard InChI is InChI=1S/C21H18N4O3/c26-20(17-14-19(28-23-17)15-6-2-1-3-7-15)24-10-12-25(13-11-24)21-22-16-8-4-5-9-18(16)27-21/h1-9,14H,10-13H2. The maximum atomic E-state index is 12.8. The summed E-state index contributed by atoms with van der Waals surface area (Å²) < 4.78 is 11.2. The lowest BCUT2D eigenvalue weighted by Gasteiger charge is -2.33. The Bertz CT molecular complexity index is 1080. The number of anilines is 1. The van der Waals surface area contributed by atoms with E-state index in [-0.39, 0.29) is 5.91 Å². The van der Waals surface area contributed by atoms with Crippen LogP contribution in [0.25, 0.3) is 22.4 Å². The largest absolute Gasteiger partial charge is 0.423 e. The van der Waals surface area contributed by atoms with E-state index < -0.39 is 0 Å². The summed E-state index contributed by atoms with van der Waals surface area (Å²) in [5.74, 6) is 0.470. The van der Waals surface area contributed by atoms with Crippen molar-refractivity contribution in [2.24, 2.45) is 0 Å². The first-order valence-corrected chi connectivity index (χ1v) is 9.20. The summed E-state index contributed by atoms with van der Waals surface area (Å²) in [6.45, 7) is 2.46. The van der Waals surface area contributed by atoms with Gasteiger partial charge in [0.05, 0.1) is 0 Å². The van der Waals surface area contributed by atoms with Crippen molar-refractivity contribution in [3.63, 3.8) is 0 Å². The molecule has 1 aliphatic rings. The zero-order valence-corrected chi connectivity index (χ0v) is 15.1. The normalized spacial score (nSPS) is 14.6. The Labute approximate surface area is 161 Å². The molecule has 0 N–H and O–H groups in total. The molecule has 2 aromatic heterocycles. The van der Waals surface area contributed by atoms with Crippen molar-refractivity contribution in [3.05, 3.63) is 66.4 Å². The number of hydrogen-bond acceptors (Lipinski definition) is 6. The molecule has 4 aromatic rings. The molecule has 0 spiro atoms. The Morgan fingerprint density at radius 3 is 2.46 bits per heavy atom. The quantitative estimate of drug-likeness (QED) is 0.547. The highest BCUT2D eigenvalue weighted by atomic mass is 16.5. The second-order valence-electron chi connectivity index (χ2n) is 6.69. The minimum absolute atomic E-state index is 0.122. The third kappa shape index (κ3) is 3.00. The zero-order chi connectivity index (χ0) is 18.9. The third-order valence-electron chi connectivity index (χ3n) is 4.91. The van der Waals surface area contributed by atoms with Gasteiger partial charge in [-0.2, -0.15) is 4.98 Å². The molecule has 28 heavy (non-hydrogen) atoms. The second kappa shape index (κ2) is 6.84. The molecule has 2 aromatic carbocycles. The Balaban J connectivity index is 1.26. The van der Waals surface area contributed by atoms with Gasteiger partial charge in [0.2, 0.25) is 0 Å². The molecule has 140 valence electrons. The van der Waals surface area contributed by atoms with Crippen LogP contribution >= 0.6 is 0 Å². The summed E-state index contributed by atoms with van der Waals surface area (Å²) in [7, 11) is 0. The van der Waals surface area contributed by atoms with Crippen LogP contribution in [0, 0.1) is 0 Å². The van der Waals surface area contributed by atoms with Gasteiger partial charge in [0.1, 0.15) is 5.52 Å². The van der Waals surface area contributed by atoms with E-state index >= 15 is 0 Å². The summed E-state index contributed by atoms with van der Waals surface area (Å²) in [4.78, 5) is 21.1. The number of amides is 1. The minimum Gasteiger partial charge on any atom is -0.423 e. The van der Waals surface area contributed by atoms with Crippen LogP contribution in [0.4, 0.5) is 6.01 Å². The Morgan fingerprint density at radius 2 is 1.68 bits per heavy atom. The van der Waals surface area contributed by atoms with Crippen LogP contribution in [0.1, 0.15) is 10.5 Å². The lowest BCUT2D eigenvalue weighted by molar-refractivity contribution is 0.0734. The number of piperazine rings is 1. The first-order valence-electron chi connectivity index (χ1n) is 9.20. The molecule has 7 nitrogen and oxygen atoms in total. The van der Waals surface area contributed by atoms with Crippen molar-refractivity contribution in [1.29, 1.82) is 0 Å². The number of hydrogen-bond donors (Lipinski definition) is 0. The first kappa shape index (κ1) is 16.6. The number of rotatable bonds is 3. The van der Waals surface area contributed by atoms with Crippen LogP contribution in [-0.4, -0.2) is 47.1 Å². The van der Waals surface area contributed by atoms with Crippen LogP contribution in [-0.2, 0) is 0 Å². The molecule has 0 bridgehead atoms. The van der Waals surface area contributed by atoms with Crippen LogP contribution in [0.15, 0.2) is 69.6 Å². The summed E-state index contributed by atoms with van der Waals surface area (Å²) >= 11 is 0. The SMILES string of the molecule is O=C(c1cc(-c2ccccc2)on1)N1CCN(c2nc3ccccc3o2)CC1. The van der Waals surface area contributed by atoms with Crippen molar-refractivity contribution in [3.8, 4) is 11.3 Å². The number of aromatic nitrogens is 2. The smallest absolute Gasteiger partial charge is 0.298 e. The summed E-state index contributed by atoms with van der Waals surface area (Å²) in [5, 5.41) is 3.96. The predicted octanol–water partition coefficient (Wildman–Crippen LogP) is 3.45. The molecule has 1 fully saturated rings. The van der Waals surface area contributed by atoms with E-state index in [1.807, 2.05) is 54.6 Å². The van der Waals surface area contributed by atoms with Gasteiger partial charge in [0.15, 0.2) is 17.0 Å². The van der Waals surface area contributed by atoms with Crippen molar-refractivity contribution in [1.82, 2.24) is 15.0 Å². The fraction of sp³-hybridized carbons (Fsp3) is 0.190. The third-order valence-corrected chi connectivity index (χ3v) is 4.91. The van der Waals surface area contributed by atoms with Gasteiger partial charge >= 0.3 is 0 Å². The number of nitrogens with zero attached hydrogens (tertiary/aromatic N) is 4. The van der Waals surface area contributed by atoms with Crippen LogP contribution in [0.5, 0.6) is 0 Å². The molecule has 1 saturated heterocycles. The molecule has 0 unspecified atom stereocenters. The van der Waals surface area contributed by atoms with Gasteiger partial charge in [-0.15, -0.1) is 0 Å². The van der Waals surface area contributed by atoms with Crippen molar-refractivity contribution in [2.45, 2.75) is 0 Å². The monoisotopic (exact) mass is 374 g/mol. The van der Waals surface area contributed by atoms with E-state index in [4.69, 9.17) is 8.94 Å². The number of carbonyl (C=O) groups excluding carboxylic acids is 1. The average molecular weight is 374 g/mol. The summed E-state index contributed by atoms with van der Waals surface area (Å²) in [6, 6.07) is 19.6. The Kier molecular flexibility index (Phi) is 4.05. The van der Waals surface area contributed by atoms with Gasteiger partial charge in [-0.3, -0.25) is 4.79 Å². The van der Waals surface area contributed by atoms with Crippen LogP contribution < -0.4 is 4.90 Å². The molecule has 7 heteroatoms. The number of fused-ring (bicyclic) bond motifs is 1. The van der Waals surface area contributed by atoms with E-state index in [0.29, 0.717) is 43.6 Å². The van der Waals surface area contributed by atoms with Gasteiger partial charge in [0.25, 0.3) is 11.9 Å². The molecule has 1 amide bonds. The first-order chi connectivity index (χ1) is 13.8. The summed E-state index contributed by atoms with van der Waals surface area (Å²) in [6.07, 6.45) is 0. The van der Waals surface area contributed by atoms with E-state index in [1.54, 1.807) is 11.0 Å². The van der Waals surface area contributed by atoms with Crippen molar-refractivity contribution in [2.75, 3.05) is 31.1 Å². The molecular formula is C21H18N4O3. The lowest BCUT2D eigenvalue weighted by atomic mass is 10.1. The molecular weight excluding hydrogens is 356 g/mol. The number of oxazole rings is 1. The van der Waals surface area contributed by atoms with Gasteiger partial charge in [0, 0.05) is 37.8 Å². The number of para-hydroxylation sites is 2. The molecule has 0 aliphatic carbocycles. The number of benzene rings is 2. The maximum absolute atomic E-state index is 12.8. The predicted molar refractivity (Wildman–Crippen MR) is 104 cm³/mol. The van der Waals surface area contributed by atoms with Gasteiger partial charge in [-0.05, 0) is 12.1 Å². The van der Waals surface area contributed by atoms with Gasteiger partial charge < -0.3 is 18.7 Å². The van der Waals surface area contributed by atoms with Crippen molar-refractivity contribution >= 4 is 23.0 Å². The molecule has 0 atom stereocenters. The lowest BCUT2D eigenvalue weighted by Crippen LogP contribution is -2.49. The summed E-state index contributed by atoms with van der Waals surface area (Å²) in [5.41, 5.74) is 2.84. The van der Waals surface area contributed by atoms with Crippen molar-refractivity contribution < 1.29 is 13.7 Å². The van der Waals surface area contributed by atoms with E-state index in [2.05, 4.69) is 15.0 Å². The number of carbonyl (C=O) groups is 1. The van der Waals surface area contributed by atoms with E-state index in [0.717, 1.165) is 16.7 Å². The molecule has 0 radical (unpaired) electrons. The fourth-order valence-electron chi connectivity index (χ4n) is 3.37. The average Bonchev–Trinajstić information content (AvgIpc) is 3.41. The molecule has 1 aliphatic heterocycles. The molecule has 3 heterocycles. The van der Waals surface area contributed by atoms with E-state index in [1.165, 1.54) is 0 Å². The van der Waals surface area contributed by atoms with Gasteiger partial charge in [-0.1, -0.05) is 47.6 Å². The Morgan fingerprint density at radius 1 is 0.929 bits per heavy atom. The second-order valence-corrected chi connectivity index (χ2v) is 6.69. The Hall–Kier alpha value is -3.61. The van der Waals surface area contributed by atoms with E-state index in [9.17, 15) is 4.79 Å². The zero-order valence-electron chi connectivity index (χ0n) is 15.1. The van der Waals surface area contributed by atoms with Crippen LogP contribution in [0.3, 0.4) is 0 Å². The highest BCUT2D eigenvalue weighted by Crippen LogP contribution is 2.24. The fourth-order valence-corrected chi connectivity index (χ4v) is 3.37. The topological polar surface area (TPSA) is 75.6 Å².